The summed E-state index contributed by atoms with van der Waals surface area (Å²) in [5.41, 5.74) is 0.447. The number of fused-ring (bicyclic) bond motifs is 1. The van der Waals surface area contributed by atoms with Crippen molar-refractivity contribution in [2.75, 3.05) is 7.11 Å². The number of rotatable bonds is 7. The molecule has 0 spiro atoms. The number of phenols is 1. The lowest BCUT2D eigenvalue weighted by Gasteiger charge is -2.14. The molecule has 1 aromatic heterocycles. The Labute approximate surface area is 157 Å². The van der Waals surface area contributed by atoms with Gasteiger partial charge in [0, 0.05) is 11.5 Å². The van der Waals surface area contributed by atoms with Crippen LogP contribution in [0.1, 0.15) is 31.7 Å². The SMILES string of the molecule is CCCCCc1c(O)c2cc(OC)cc(Oc3ccc(O)cc3)c2[nH]c1=O. The molecule has 0 amide bonds. The summed E-state index contributed by atoms with van der Waals surface area (Å²) in [6, 6.07) is 9.54. The van der Waals surface area contributed by atoms with Crippen molar-refractivity contribution in [1.82, 2.24) is 4.98 Å². The molecule has 0 radical (unpaired) electrons. The summed E-state index contributed by atoms with van der Waals surface area (Å²) in [6.07, 6.45) is 3.37. The van der Waals surface area contributed by atoms with Crippen molar-refractivity contribution in [2.24, 2.45) is 0 Å². The number of hydrogen-bond acceptors (Lipinski definition) is 5. The number of hydrogen-bond donors (Lipinski definition) is 3. The minimum absolute atomic E-state index is 0.0423. The van der Waals surface area contributed by atoms with Crippen LogP contribution in [0.3, 0.4) is 0 Å². The molecule has 0 saturated carbocycles. The third-order valence-electron chi connectivity index (χ3n) is 4.46. The van der Waals surface area contributed by atoms with Gasteiger partial charge in [0.25, 0.3) is 5.56 Å². The summed E-state index contributed by atoms with van der Waals surface area (Å²) >= 11 is 0. The summed E-state index contributed by atoms with van der Waals surface area (Å²) in [5, 5.41) is 20.6. The number of methoxy groups -OCH3 is 1. The van der Waals surface area contributed by atoms with Crippen LogP contribution in [-0.2, 0) is 6.42 Å². The molecule has 27 heavy (non-hydrogen) atoms. The van der Waals surface area contributed by atoms with Crippen LogP contribution in [0.2, 0.25) is 0 Å². The number of nitrogens with one attached hydrogen (secondary N) is 1. The van der Waals surface area contributed by atoms with Gasteiger partial charge in [-0.3, -0.25) is 4.79 Å². The monoisotopic (exact) mass is 369 g/mol. The lowest BCUT2D eigenvalue weighted by Crippen LogP contribution is -2.13. The third-order valence-corrected chi connectivity index (χ3v) is 4.46. The molecule has 3 N–H and O–H groups in total. The summed E-state index contributed by atoms with van der Waals surface area (Å²) in [4.78, 5) is 15.3. The minimum Gasteiger partial charge on any atom is -0.508 e. The van der Waals surface area contributed by atoms with Gasteiger partial charge in [-0.25, -0.2) is 0 Å². The number of unbranched alkanes of at least 4 members (excludes halogenated alkanes) is 2. The first-order valence-electron chi connectivity index (χ1n) is 8.96. The normalized spacial score (nSPS) is 10.9. The molecule has 6 heteroatoms. The van der Waals surface area contributed by atoms with Gasteiger partial charge >= 0.3 is 0 Å². The predicted molar refractivity (Wildman–Crippen MR) is 104 cm³/mol. The summed E-state index contributed by atoms with van der Waals surface area (Å²) in [6.45, 7) is 2.09. The maximum Gasteiger partial charge on any atom is 0.255 e. The van der Waals surface area contributed by atoms with Crippen molar-refractivity contribution in [3.63, 3.8) is 0 Å². The zero-order chi connectivity index (χ0) is 19.4. The Bertz CT molecular complexity index is 992. The van der Waals surface area contributed by atoms with E-state index in [9.17, 15) is 15.0 Å². The zero-order valence-electron chi connectivity index (χ0n) is 15.4. The van der Waals surface area contributed by atoms with Gasteiger partial charge in [0.2, 0.25) is 0 Å². The van der Waals surface area contributed by atoms with E-state index in [2.05, 4.69) is 11.9 Å². The molecule has 3 aromatic rings. The van der Waals surface area contributed by atoms with E-state index < -0.39 is 0 Å². The number of pyridine rings is 1. The third kappa shape index (κ3) is 4.00. The van der Waals surface area contributed by atoms with E-state index in [4.69, 9.17) is 9.47 Å². The number of phenolic OH excluding ortho intramolecular Hbond substituents is 1. The Morgan fingerprint density at radius 1 is 1.04 bits per heavy atom. The van der Waals surface area contributed by atoms with E-state index in [1.807, 2.05) is 0 Å². The largest absolute Gasteiger partial charge is 0.508 e. The first kappa shape index (κ1) is 18.6. The van der Waals surface area contributed by atoms with E-state index in [-0.39, 0.29) is 17.1 Å². The van der Waals surface area contributed by atoms with Crippen LogP contribution in [0.15, 0.2) is 41.2 Å². The molecule has 0 saturated heterocycles. The maximum absolute atomic E-state index is 12.5. The predicted octanol–water partition coefficient (Wildman–Crippen LogP) is 4.47. The summed E-state index contributed by atoms with van der Waals surface area (Å²) in [7, 11) is 1.52. The van der Waals surface area contributed by atoms with Crippen LogP contribution in [-0.4, -0.2) is 22.3 Å². The molecular weight excluding hydrogens is 346 g/mol. The van der Waals surface area contributed by atoms with Crippen molar-refractivity contribution >= 4 is 10.9 Å². The molecule has 142 valence electrons. The lowest BCUT2D eigenvalue weighted by molar-refractivity contribution is 0.409. The van der Waals surface area contributed by atoms with Crippen LogP contribution >= 0.6 is 0 Å². The van der Waals surface area contributed by atoms with Crippen LogP contribution in [0, 0.1) is 0 Å². The van der Waals surface area contributed by atoms with Crippen molar-refractivity contribution in [1.29, 1.82) is 0 Å². The van der Waals surface area contributed by atoms with Gasteiger partial charge in [-0.15, -0.1) is 0 Å². The molecule has 3 rings (SSSR count). The Balaban J connectivity index is 2.10. The van der Waals surface area contributed by atoms with Crippen LogP contribution in [0.25, 0.3) is 10.9 Å². The Morgan fingerprint density at radius 3 is 2.44 bits per heavy atom. The van der Waals surface area contributed by atoms with Crippen LogP contribution in [0.5, 0.6) is 28.7 Å². The average Bonchev–Trinajstić information content (AvgIpc) is 2.66. The molecule has 0 aliphatic carbocycles. The topological polar surface area (TPSA) is 91.8 Å². The van der Waals surface area contributed by atoms with E-state index in [0.717, 1.165) is 19.3 Å². The van der Waals surface area contributed by atoms with Crippen molar-refractivity contribution in [3.8, 4) is 28.7 Å². The Morgan fingerprint density at radius 2 is 1.78 bits per heavy atom. The van der Waals surface area contributed by atoms with Gasteiger partial charge < -0.3 is 24.7 Å². The molecule has 1 heterocycles. The smallest absolute Gasteiger partial charge is 0.255 e. The molecule has 0 aliphatic heterocycles. The minimum atomic E-state index is -0.322. The number of benzene rings is 2. The maximum atomic E-state index is 12.5. The summed E-state index contributed by atoms with van der Waals surface area (Å²) in [5.74, 6) is 1.41. The second-order valence-corrected chi connectivity index (χ2v) is 6.38. The molecule has 0 bridgehead atoms. The fourth-order valence-electron chi connectivity index (χ4n) is 2.99. The second kappa shape index (κ2) is 8.03. The zero-order valence-corrected chi connectivity index (χ0v) is 15.4. The number of aromatic nitrogens is 1. The fourth-order valence-corrected chi connectivity index (χ4v) is 2.99. The van der Waals surface area contributed by atoms with Gasteiger partial charge in [-0.1, -0.05) is 19.8 Å². The lowest BCUT2D eigenvalue weighted by atomic mass is 10.0. The number of aromatic amines is 1. The second-order valence-electron chi connectivity index (χ2n) is 6.38. The van der Waals surface area contributed by atoms with E-state index in [1.165, 1.54) is 19.2 Å². The van der Waals surface area contributed by atoms with Crippen molar-refractivity contribution in [2.45, 2.75) is 32.6 Å². The highest BCUT2D eigenvalue weighted by Crippen LogP contribution is 2.37. The Hall–Kier alpha value is -3.15. The first-order chi connectivity index (χ1) is 13.0. The van der Waals surface area contributed by atoms with Gasteiger partial charge in [-0.2, -0.15) is 0 Å². The molecule has 0 fully saturated rings. The van der Waals surface area contributed by atoms with Gasteiger partial charge in [0.1, 0.15) is 23.0 Å². The molecule has 6 nitrogen and oxygen atoms in total. The van der Waals surface area contributed by atoms with E-state index in [0.29, 0.717) is 40.1 Å². The molecule has 2 aromatic carbocycles. The highest BCUT2D eigenvalue weighted by atomic mass is 16.5. The van der Waals surface area contributed by atoms with Gasteiger partial charge in [0.05, 0.1) is 18.2 Å². The highest BCUT2D eigenvalue weighted by molar-refractivity contribution is 5.92. The van der Waals surface area contributed by atoms with Crippen LogP contribution in [0.4, 0.5) is 0 Å². The Kier molecular flexibility index (Phi) is 5.54. The number of H-pyrrole nitrogens is 1. The fraction of sp³-hybridized carbons (Fsp3) is 0.286. The first-order valence-corrected chi connectivity index (χ1v) is 8.96. The molecule has 0 atom stereocenters. The average molecular weight is 369 g/mol. The molecule has 0 aliphatic rings. The summed E-state index contributed by atoms with van der Waals surface area (Å²) < 4.78 is 11.2. The van der Waals surface area contributed by atoms with E-state index in [1.54, 1.807) is 24.3 Å². The van der Waals surface area contributed by atoms with Crippen LogP contribution < -0.4 is 15.0 Å². The van der Waals surface area contributed by atoms with Crippen molar-refractivity contribution < 1.29 is 19.7 Å². The number of aromatic hydroxyl groups is 2. The number of ether oxygens (including phenoxy) is 2. The van der Waals surface area contributed by atoms with Crippen molar-refractivity contribution in [3.05, 3.63) is 52.3 Å². The van der Waals surface area contributed by atoms with E-state index >= 15 is 0 Å². The highest BCUT2D eigenvalue weighted by Gasteiger charge is 2.17. The standard InChI is InChI=1S/C21H23NO5/c1-3-4-5-6-16-20(24)17-11-15(26-2)12-18(19(17)22-21(16)25)27-14-9-7-13(23)8-10-14/h7-12,23H,3-6H2,1-2H3,(H2,22,24,25). The quantitative estimate of drug-likeness (QED) is 0.534. The molecular formula is C21H23NO5. The van der Waals surface area contributed by atoms with Gasteiger partial charge in [-0.05, 0) is 43.2 Å². The molecule has 0 unspecified atom stereocenters. The van der Waals surface area contributed by atoms with Gasteiger partial charge in [0.15, 0.2) is 5.75 Å².